The summed E-state index contributed by atoms with van der Waals surface area (Å²) in [6, 6.07) is 0. The topological polar surface area (TPSA) is 0 Å². The van der Waals surface area contributed by atoms with E-state index in [0.29, 0.717) is 0 Å². The predicted octanol–water partition coefficient (Wildman–Crippen LogP) is 6.53. The van der Waals surface area contributed by atoms with Crippen LogP contribution in [0.5, 0.6) is 0 Å². The molecule has 0 bridgehead atoms. The van der Waals surface area contributed by atoms with Gasteiger partial charge < -0.3 is 0 Å². The van der Waals surface area contributed by atoms with Gasteiger partial charge >= 0.3 is 0 Å². The summed E-state index contributed by atoms with van der Waals surface area (Å²) >= 11 is 0. The van der Waals surface area contributed by atoms with Gasteiger partial charge in [0.25, 0.3) is 0 Å². The Labute approximate surface area is 126 Å². The van der Waals surface area contributed by atoms with Crippen LogP contribution in [0, 0.1) is 23.7 Å². The summed E-state index contributed by atoms with van der Waals surface area (Å²) in [5.41, 5.74) is 0. The summed E-state index contributed by atoms with van der Waals surface area (Å²) in [6.45, 7) is 4.33. The van der Waals surface area contributed by atoms with Crippen LogP contribution < -0.4 is 0 Å². The maximum Gasteiger partial charge on any atom is -0.0233 e. The first-order valence-corrected chi connectivity index (χ1v) is 9.07. The van der Waals surface area contributed by atoms with E-state index >= 15 is 0 Å². The monoisotopic (exact) mass is 274 g/mol. The van der Waals surface area contributed by atoms with Crippen molar-refractivity contribution in [3.05, 3.63) is 24.3 Å². The van der Waals surface area contributed by atoms with E-state index < -0.39 is 0 Å². The molecule has 2 aliphatic rings. The molecule has 0 aromatic heterocycles. The summed E-state index contributed by atoms with van der Waals surface area (Å²) in [5.74, 6) is 3.88. The van der Waals surface area contributed by atoms with Crippen molar-refractivity contribution in [3.63, 3.8) is 0 Å². The Morgan fingerprint density at radius 1 is 0.600 bits per heavy atom. The Morgan fingerprint density at radius 3 is 1.25 bits per heavy atom. The molecule has 2 fully saturated rings. The maximum absolute atomic E-state index is 2.43. The van der Waals surface area contributed by atoms with Crippen molar-refractivity contribution in [1.29, 1.82) is 0 Å². The molecular weight excluding hydrogens is 240 g/mol. The third-order valence-electron chi connectivity index (χ3n) is 5.70. The van der Waals surface area contributed by atoms with Gasteiger partial charge in [-0.25, -0.2) is 0 Å². The summed E-state index contributed by atoms with van der Waals surface area (Å²) in [5, 5.41) is 0. The van der Waals surface area contributed by atoms with E-state index in [1.165, 1.54) is 64.2 Å². The van der Waals surface area contributed by atoms with Crippen LogP contribution in [-0.2, 0) is 0 Å². The Morgan fingerprint density at radius 2 is 0.950 bits per heavy atom. The van der Waals surface area contributed by atoms with Crippen LogP contribution in [-0.4, -0.2) is 0 Å². The molecule has 0 heteroatoms. The third-order valence-corrected chi connectivity index (χ3v) is 5.70. The Bertz CT molecular complexity index is 264. The molecule has 0 nitrogen and oxygen atoms in total. The SMILES string of the molecule is C/C=C/C1CCC(CCC2CCC(/C=C/C)CC2)CC1. The number of allylic oxidation sites excluding steroid dienone is 4. The number of hydrogen-bond acceptors (Lipinski definition) is 0. The normalized spacial score (nSPS) is 35.9. The quantitative estimate of drug-likeness (QED) is 0.500. The molecule has 0 N–H and O–H groups in total. The zero-order chi connectivity index (χ0) is 14.2. The minimum absolute atomic E-state index is 0.896. The molecule has 0 heterocycles. The van der Waals surface area contributed by atoms with Crippen LogP contribution in [0.3, 0.4) is 0 Å². The first-order chi connectivity index (χ1) is 9.81. The molecule has 0 atom stereocenters. The van der Waals surface area contributed by atoms with Crippen molar-refractivity contribution in [2.24, 2.45) is 23.7 Å². The number of hydrogen-bond donors (Lipinski definition) is 0. The fourth-order valence-corrected chi connectivity index (χ4v) is 4.35. The van der Waals surface area contributed by atoms with Gasteiger partial charge in [-0.3, -0.25) is 0 Å². The Hall–Kier alpha value is -0.520. The van der Waals surface area contributed by atoms with E-state index in [2.05, 4.69) is 38.2 Å². The second-order valence-corrected chi connectivity index (χ2v) is 7.19. The summed E-state index contributed by atoms with van der Waals surface area (Å²) < 4.78 is 0. The molecule has 0 amide bonds. The van der Waals surface area contributed by atoms with Crippen LogP contribution in [0.1, 0.15) is 78.1 Å². The standard InChI is InChI=1S/C20H34/c1-3-5-17-7-11-19(12-8-17)15-16-20-13-9-18(6-4-2)10-14-20/h3-6,17-20H,7-16H2,1-2H3/b5-3+,6-4+. The zero-order valence-corrected chi connectivity index (χ0v) is 13.7. The molecule has 2 aliphatic carbocycles. The summed E-state index contributed by atoms with van der Waals surface area (Å²) in [6.07, 6.45) is 24.1. The van der Waals surface area contributed by atoms with Gasteiger partial charge in [0.05, 0.1) is 0 Å². The molecule has 0 spiro atoms. The highest BCUT2D eigenvalue weighted by Gasteiger charge is 2.23. The smallest absolute Gasteiger partial charge is 0.0233 e. The van der Waals surface area contributed by atoms with E-state index in [0.717, 1.165) is 23.7 Å². The first-order valence-electron chi connectivity index (χ1n) is 9.07. The van der Waals surface area contributed by atoms with Crippen molar-refractivity contribution in [2.75, 3.05) is 0 Å². The largest absolute Gasteiger partial charge is 0.0914 e. The van der Waals surface area contributed by atoms with Crippen molar-refractivity contribution in [1.82, 2.24) is 0 Å². The number of rotatable bonds is 5. The lowest BCUT2D eigenvalue weighted by Crippen LogP contribution is -2.17. The minimum Gasteiger partial charge on any atom is -0.0914 e. The second-order valence-electron chi connectivity index (χ2n) is 7.19. The average Bonchev–Trinajstić information content (AvgIpc) is 2.49. The molecule has 0 radical (unpaired) electrons. The summed E-state index contributed by atoms with van der Waals surface area (Å²) in [7, 11) is 0. The highest BCUT2D eigenvalue weighted by atomic mass is 14.3. The first kappa shape index (κ1) is 15.9. The highest BCUT2D eigenvalue weighted by Crippen LogP contribution is 2.37. The molecule has 0 saturated heterocycles. The Kier molecular flexibility index (Phi) is 6.90. The molecule has 0 unspecified atom stereocenters. The van der Waals surface area contributed by atoms with Gasteiger partial charge in [0.15, 0.2) is 0 Å². The molecule has 0 aliphatic heterocycles. The fourth-order valence-electron chi connectivity index (χ4n) is 4.35. The van der Waals surface area contributed by atoms with Gasteiger partial charge in [0.2, 0.25) is 0 Å². The maximum atomic E-state index is 2.43. The van der Waals surface area contributed by atoms with Gasteiger partial charge in [0.1, 0.15) is 0 Å². The average molecular weight is 274 g/mol. The van der Waals surface area contributed by atoms with Crippen LogP contribution in [0.15, 0.2) is 24.3 Å². The zero-order valence-electron chi connectivity index (χ0n) is 13.7. The molecule has 20 heavy (non-hydrogen) atoms. The van der Waals surface area contributed by atoms with Gasteiger partial charge in [-0.1, -0.05) is 37.1 Å². The molecule has 2 rings (SSSR count). The van der Waals surface area contributed by atoms with Crippen LogP contribution in [0.2, 0.25) is 0 Å². The van der Waals surface area contributed by atoms with Crippen molar-refractivity contribution in [3.8, 4) is 0 Å². The molecular formula is C20H34. The minimum atomic E-state index is 0.896. The van der Waals surface area contributed by atoms with Gasteiger partial charge in [-0.15, -0.1) is 0 Å². The second kappa shape index (κ2) is 8.70. The van der Waals surface area contributed by atoms with E-state index in [-0.39, 0.29) is 0 Å². The van der Waals surface area contributed by atoms with Crippen LogP contribution in [0.25, 0.3) is 0 Å². The molecule has 2 saturated carbocycles. The van der Waals surface area contributed by atoms with Gasteiger partial charge in [-0.05, 0) is 88.9 Å². The molecule has 0 aromatic carbocycles. The van der Waals surface area contributed by atoms with Crippen molar-refractivity contribution >= 4 is 0 Å². The van der Waals surface area contributed by atoms with Crippen molar-refractivity contribution in [2.45, 2.75) is 78.1 Å². The van der Waals surface area contributed by atoms with Crippen molar-refractivity contribution < 1.29 is 0 Å². The summed E-state index contributed by atoms with van der Waals surface area (Å²) in [4.78, 5) is 0. The van der Waals surface area contributed by atoms with E-state index in [1.807, 2.05) is 0 Å². The van der Waals surface area contributed by atoms with Crippen LogP contribution >= 0.6 is 0 Å². The lowest BCUT2D eigenvalue weighted by Gasteiger charge is -2.30. The van der Waals surface area contributed by atoms with Gasteiger partial charge in [0, 0.05) is 0 Å². The van der Waals surface area contributed by atoms with E-state index in [1.54, 1.807) is 0 Å². The fraction of sp³-hybridized carbons (Fsp3) is 0.800. The van der Waals surface area contributed by atoms with Gasteiger partial charge in [-0.2, -0.15) is 0 Å². The lowest BCUT2D eigenvalue weighted by molar-refractivity contribution is 0.241. The highest BCUT2D eigenvalue weighted by molar-refractivity contribution is 4.90. The Balaban J connectivity index is 1.60. The van der Waals surface area contributed by atoms with Crippen LogP contribution in [0.4, 0.5) is 0 Å². The lowest BCUT2D eigenvalue weighted by atomic mass is 9.75. The molecule has 0 aromatic rings. The van der Waals surface area contributed by atoms with E-state index in [9.17, 15) is 0 Å². The third kappa shape index (κ3) is 5.11. The van der Waals surface area contributed by atoms with E-state index in [4.69, 9.17) is 0 Å². The molecule has 114 valence electrons. The predicted molar refractivity (Wildman–Crippen MR) is 89.8 cm³/mol.